The third-order valence-corrected chi connectivity index (χ3v) is 4.94. The molecule has 0 aromatic heterocycles. The molecular formula is C17H27FN2S. The Bertz CT molecular complexity index is 390. The van der Waals surface area contributed by atoms with Crippen molar-refractivity contribution in [3.8, 4) is 0 Å². The maximum atomic E-state index is 12.9. The minimum absolute atomic E-state index is 0.156. The molecule has 1 aromatic carbocycles. The molecule has 118 valence electrons. The van der Waals surface area contributed by atoms with Crippen molar-refractivity contribution in [1.29, 1.82) is 0 Å². The zero-order valence-electron chi connectivity index (χ0n) is 13.0. The van der Waals surface area contributed by atoms with Crippen LogP contribution in [0.4, 0.5) is 4.39 Å². The highest BCUT2D eigenvalue weighted by atomic mass is 32.2. The van der Waals surface area contributed by atoms with E-state index >= 15 is 0 Å². The lowest BCUT2D eigenvalue weighted by atomic mass is 9.99. The van der Waals surface area contributed by atoms with Gasteiger partial charge in [-0.1, -0.05) is 6.92 Å². The number of halogens is 1. The number of nitrogens with one attached hydrogen (secondary N) is 1. The summed E-state index contributed by atoms with van der Waals surface area (Å²) in [7, 11) is 0. The van der Waals surface area contributed by atoms with Gasteiger partial charge in [0.2, 0.25) is 0 Å². The van der Waals surface area contributed by atoms with Crippen molar-refractivity contribution in [2.24, 2.45) is 5.92 Å². The molecule has 1 saturated heterocycles. The normalized spacial score (nSPS) is 19.1. The fourth-order valence-corrected chi connectivity index (χ4v) is 3.79. The summed E-state index contributed by atoms with van der Waals surface area (Å²) in [5.41, 5.74) is 0. The first-order chi connectivity index (χ1) is 10.3. The van der Waals surface area contributed by atoms with Crippen LogP contribution in [0.3, 0.4) is 0 Å². The Morgan fingerprint density at radius 1 is 1.29 bits per heavy atom. The summed E-state index contributed by atoms with van der Waals surface area (Å²) in [5.74, 6) is 1.73. The molecule has 0 radical (unpaired) electrons. The van der Waals surface area contributed by atoms with Gasteiger partial charge in [-0.3, -0.25) is 0 Å². The molecule has 2 rings (SSSR count). The molecule has 1 aromatic rings. The van der Waals surface area contributed by atoms with E-state index in [1.807, 2.05) is 23.9 Å². The zero-order valence-corrected chi connectivity index (χ0v) is 13.8. The van der Waals surface area contributed by atoms with Crippen LogP contribution in [0.2, 0.25) is 0 Å². The Kier molecular flexibility index (Phi) is 7.54. The maximum Gasteiger partial charge on any atom is 0.123 e. The van der Waals surface area contributed by atoms with Crippen LogP contribution >= 0.6 is 11.8 Å². The van der Waals surface area contributed by atoms with E-state index in [4.69, 9.17) is 0 Å². The molecule has 1 fully saturated rings. The molecule has 1 atom stereocenters. The smallest absolute Gasteiger partial charge is 0.123 e. The second-order valence-electron chi connectivity index (χ2n) is 5.82. The standard InChI is InChI=1S/C17H27FN2S/c1-2-10-20(14-15-4-3-9-19-13-15)11-12-21-17-7-5-16(18)6-8-17/h5-8,15,19H,2-4,9-14H2,1H3. The van der Waals surface area contributed by atoms with Gasteiger partial charge in [-0.05, 0) is 69.1 Å². The molecule has 0 bridgehead atoms. The molecule has 4 heteroatoms. The van der Waals surface area contributed by atoms with Crippen molar-refractivity contribution in [2.75, 3.05) is 38.5 Å². The molecule has 1 aliphatic rings. The van der Waals surface area contributed by atoms with Gasteiger partial charge < -0.3 is 10.2 Å². The molecule has 1 N–H and O–H groups in total. The first kappa shape index (κ1) is 16.8. The monoisotopic (exact) mass is 310 g/mol. The molecule has 2 nitrogen and oxygen atoms in total. The van der Waals surface area contributed by atoms with Crippen molar-refractivity contribution in [3.05, 3.63) is 30.1 Å². The highest BCUT2D eigenvalue weighted by molar-refractivity contribution is 7.99. The molecule has 0 aliphatic carbocycles. The van der Waals surface area contributed by atoms with E-state index in [0.717, 1.165) is 23.1 Å². The number of thioether (sulfide) groups is 1. The molecule has 0 amide bonds. The fourth-order valence-electron chi connectivity index (χ4n) is 2.88. The van der Waals surface area contributed by atoms with E-state index in [0.29, 0.717) is 0 Å². The average Bonchev–Trinajstić information content (AvgIpc) is 2.50. The van der Waals surface area contributed by atoms with Crippen LogP contribution in [-0.2, 0) is 0 Å². The van der Waals surface area contributed by atoms with Crippen molar-refractivity contribution >= 4 is 11.8 Å². The van der Waals surface area contributed by atoms with Crippen LogP contribution in [0.5, 0.6) is 0 Å². The van der Waals surface area contributed by atoms with Crippen LogP contribution < -0.4 is 5.32 Å². The maximum absolute atomic E-state index is 12.9. The lowest BCUT2D eigenvalue weighted by Crippen LogP contribution is -2.39. The van der Waals surface area contributed by atoms with E-state index in [9.17, 15) is 4.39 Å². The van der Waals surface area contributed by atoms with Gasteiger partial charge >= 0.3 is 0 Å². The molecule has 0 spiro atoms. The minimum atomic E-state index is -0.156. The molecule has 1 aliphatic heterocycles. The Hall–Kier alpha value is -0.580. The molecule has 21 heavy (non-hydrogen) atoms. The number of benzene rings is 1. The predicted octanol–water partition coefficient (Wildman–Crippen LogP) is 3.63. The number of nitrogens with zero attached hydrogens (tertiary/aromatic N) is 1. The predicted molar refractivity (Wildman–Crippen MR) is 89.4 cm³/mol. The topological polar surface area (TPSA) is 15.3 Å². The van der Waals surface area contributed by atoms with Crippen LogP contribution in [0.1, 0.15) is 26.2 Å². The third kappa shape index (κ3) is 6.37. The summed E-state index contributed by atoms with van der Waals surface area (Å²) in [4.78, 5) is 3.75. The van der Waals surface area contributed by atoms with Crippen LogP contribution in [0.15, 0.2) is 29.2 Å². The van der Waals surface area contributed by atoms with Gasteiger partial charge in [0, 0.05) is 23.7 Å². The second-order valence-corrected chi connectivity index (χ2v) is 6.98. The zero-order chi connectivity index (χ0) is 14.9. The molecule has 0 saturated carbocycles. The van der Waals surface area contributed by atoms with Crippen LogP contribution in [0, 0.1) is 11.7 Å². The van der Waals surface area contributed by atoms with Crippen molar-refractivity contribution in [1.82, 2.24) is 10.2 Å². The molecule has 1 unspecified atom stereocenters. The lowest BCUT2D eigenvalue weighted by Gasteiger charge is -2.29. The summed E-state index contributed by atoms with van der Waals surface area (Å²) in [6, 6.07) is 6.82. The number of hydrogen-bond acceptors (Lipinski definition) is 3. The number of hydrogen-bond donors (Lipinski definition) is 1. The van der Waals surface area contributed by atoms with Gasteiger partial charge in [0.15, 0.2) is 0 Å². The molecule has 1 heterocycles. The summed E-state index contributed by atoms with van der Waals surface area (Å²) in [6.07, 6.45) is 3.88. The van der Waals surface area contributed by atoms with E-state index in [1.165, 1.54) is 45.4 Å². The van der Waals surface area contributed by atoms with E-state index < -0.39 is 0 Å². The van der Waals surface area contributed by atoms with Crippen LogP contribution in [0.25, 0.3) is 0 Å². The van der Waals surface area contributed by atoms with Gasteiger partial charge in [0.25, 0.3) is 0 Å². The van der Waals surface area contributed by atoms with Gasteiger partial charge in [-0.25, -0.2) is 4.39 Å². The summed E-state index contributed by atoms with van der Waals surface area (Å²) >= 11 is 1.82. The Morgan fingerprint density at radius 3 is 2.76 bits per heavy atom. The largest absolute Gasteiger partial charge is 0.316 e. The third-order valence-electron chi connectivity index (χ3n) is 3.95. The lowest BCUT2D eigenvalue weighted by molar-refractivity contribution is 0.218. The SMILES string of the molecule is CCCN(CCSc1ccc(F)cc1)CC1CCCNC1. The molecular weight excluding hydrogens is 283 g/mol. The number of piperidine rings is 1. The summed E-state index contributed by atoms with van der Waals surface area (Å²) in [5, 5.41) is 3.50. The van der Waals surface area contributed by atoms with Gasteiger partial charge in [0.05, 0.1) is 0 Å². The quantitative estimate of drug-likeness (QED) is 0.738. The highest BCUT2D eigenvalue weighted by Crippen LogP contribution is 2.19. The summed E-state index contributed by atoms with van der Waals surface area (Å²) in [6.45, 7) is 8.12. The van der Waals surface area contributed by atoms with Gasteiger partial charge in [0.1, 0.15) is 5.82 Å². The van der Waals surface area contributed by atoms with E-state index in [-0.39, 0.29) is 5.82 Å². The van der Waals surface area contributed by atoms with E-state index in [1.54, 1.807) is 12.1 Å². The second kappa shape index (κ2) is 9.44. The van der Waals surface area contributed by atoms with Gasteiger partial charge in [-0.15, -0.1) is 11.8 Å². The first-order valence-electron chi connectivity index (χ1n) is 8.09. The fraction of sp³-hybridized carbons (Fsp3) is 0.647. The average molecular weight is 310 g/mol. The van der Waals surface area contributed by atoms with E-state index in [2.05, 4.69) is 17.1 Å². The minimum Gasteiger partial charge on any atom is -0.316 e. The van der Waals surface area contributed by atoms with Crippen LogP contribution in [-0.4, -0.2) is 43.4 Å². The Morgan fingerprint density at radius 2 is 2.10 bits per heavy atom. The number of rotatable bonds is 8. The summed E-state index contributed by atoms with van der Waals surface area (Å²) < 4.78 is 12.9. The highest BCUT2D eigenvalue weighted by Gasteiger charge is 2.16. The first-order valence-corrected chi connectivity index (χ1v) is 9.08. The van der Waals surface area contributed by atoms with Gasteiger partial charge in [-0.2, -0.15) is 0 Å². The van der Waals surface area contributed by atoms with Crippen molar-refractivity contribution in [3.63, 3.8) is 0 Å². The van der Waals surface area contributed by atoms with Crippen molar-refractivity contribution < 1.29 is 4.39 Å². The Labute approximate surface area is 132 Å². The van der Waals surface area contributed by atoms with Crippen molar-refractivity contribution in [2.45, 2.75) is 31.1 Å². The Balaban J connectivity index is 1.72.